The van der Waals surface area contributed by atoms with Crippen LogP contribution in [0, 0.1) is 0 Å². The van der Waals surface area contributed by atoms with Gasteiger partial charge in [-0.3, -0.25) is 0 Å². The molecule has 6 heteroatoms. The Labute approximate surface area is 131 Å². The highest BCUT2D eigenvalue weighted by atomic mass is 32.2. The van der Waals surface area contributed by atoms with E-state index in [1.807, 2.05) is 36.5 Å². The van der Waals surface area contributed by atoms with Gasteiger partial charge in [-0.25, -0.2) is 14.1 Å². The summed E-state index contributed by atoms with van der Waals surface area (Å²) in [7, 11) is 1.66. The van der Waals surface area contributed by atoms with Crippen molar-refractivity contribution in [3.05, 3.63) is 54.2 Å². The van der Waals surface area contributed by atoms with Crippen molar-refractivity contribution >= 4 is 22.1 Å². The summed E-state index contributed by atoms with van der Waals surface area (Å²) in [5.41, 5.74) is 4.27. The summed E-state index contributed by atoms with van der Waals surface area (Å²) >= 11 is -1.51. The van der Waals surface area contributed by atoms with Crippen molar-refractivity contribution in [2.45, 2.75) is 6.54 Å². The predicted octanol–water partition coefficient (Wildman–Crippen LogP) is 2.47. The van der Waals surface area contributed by atoms with Crippen LogP contribution in [0.25, 0.3) is 22.0 Å². The van der Waals surface area contributed by atoms with Gasteiger partial charge in [-0.2, -0.15) is 0 Å². The van der Waals surface area contributed by atoms with Crippen molar-refractivity contribution in [2.24, 2.45) is 5.14 Å². The van der Waals surface area contributed by atoms with Gasteiger partial charge < -0.3 is 9.72 Å². The van der Waals surface area contributed by atoms with Crippen LogP contribution < -0.4 is 14.6 Å². The summed E-state index contributed by atoms with van der Waals surface area (Å²) < 4.78 is 18.9. The molecule has 22 heavy (non-hydrogen) atoms. The highest BCUT2D eigenvalue weighted by Gasteiger charge is 2.08. The molecule has 1 atom stereocenters. The van der Waals surface area contributed by atoms with Crippen LogP contribution in [0.2, 0.25) is 0 Å². The molecule has 5 nitrogen and oxygen atoms in total. The number of hydrogen-bond acceptors (Lipinski definition) is 2. The van der Waals surface area contributed by atoms with Gasteiger partial charge in [0.15, 0.2) is 11.2 Å². The van der Waals surface area contributed by atoms with E-state index in [-0.39, 0.29) is 0 Å². The second-order valence-electron chi connectivity index (χ2n) is 4.93. The molecule has 2 aromatic carbocycles. The molecular weight excluding hydrogens is 298 g/mol. The average molecular weight is 315 g/mol. The van der Waals surface area contributed by atoms with E-state index in [1.54, 1.807) is 7.11 Å². The summed E-state index contributed by atoms with van der Waals surface area (Å²) in [4.78, 5) is 3.27. The minimum absolute atomic E-state index is 0.465. The van der Waals surface area contributed by atoms with Crippen LogP contribution in [0.1, 0.15) is 5.56 Å². The molecule has 114 valence electrons. The van der Waals surface area contributed by atoms with Crippen LogP contribution in [0.4, 0.5) is 0 Å². The first-order chi connectivity index (χ1) is 10.7. The Kier molecular flexibility index (Phi) is 4.24. The molecule has 0 radical (unpaired) electrons. The van der Waals surface area contributed by atoms with Gasteiger partial charge in [0.05, 0.1) is 7.11 Å². The highest BCUT2D eigenvalue weighted by molar-refractivity contribution is 7.80. The number of rotatable bonds is 5. The van der Waals surface area contributed by atoms with E-state index in [2.05, 4.69) is 21.8 Å². The molecule has 0 bridgehead atoms. The SMILES string of the molecule is COc1ccc2c(-c3cccc(CNS(N)=O)c3)c[nH]c2c1. The van der Waals surface area contributed by atoms with E-state index in [4.69, 9.17) is 9.88 Å². The monoisotopic (exact) mass is 315 g/mol. The zero-order chi connectivity index (χ0) is 15.5. The maximum Gasteiger partial charge on any atom is 0.164 e. The second-order valence-corrected chi connectivity index (χ2v) is 5.82. The van der Waals surface area contributed by atoms with Crippen LogP contribution in [0.5, 0.6) is 5.75 Å². The molecule has 1 aromatic heterocycles. The maximum absolute atomic E-state index is 10.9. The van der Waals surface area contributed by atoms with Crippen LogP contribution in [0.15, 0.2) is 48.7 Å². The molecule has 3 rings (SSSR count). The Hall–Kier alpha value is -2.15. The molecule has 1 unspecified atom stereocenters. The summed E-state index contributed by atoms with van der Waals surface area (Å²) in [5, 5.41) is 6.35. The number of benzene rings is 2. The molecule has 0 amide bonds. The standard InChI is InChI=1S/C16H17N3O2S/c1-21-13-5-6-14-15(10-18-16(14)8-13)12-4-2-3-11(7-12)9-19-22(17)20/h2-8,10,18-19H,9,17H2,1H3. The number of ether oxygens (including phenoxy) is 1. The fourth-order valence-electron chi connectivity index (χ4n) is 2.47. The van der Waals surface area contributed by atoms with Crippen LogP contribution >= 0.6 is 0 Å². The fraction of sp³-hybridized carbons (Fsp3) is 0.125. The molecule has 0 aliphatic rings. The maximum atomic E-state index is 10.9. The molecule has 3 aromatic rings. The van der Waals surface area contributed by atoms with Crippen molar-refractivity contribution in [3.63, 3.8) is 0 Å². The Morgan fingerprint density at radius 2 is 2.14 bits per heavy atom. The third-order valence-corrected chi connectivity index (χ3v) is 3.97. The van der Waals surface area contributed by atoms with Gasteiger partial charge >= 0.3 is 0 Å². The third-order valence-electron chi connectivity index (χ3n) is 3.55. The van der Waals surface area contributed by atoms with E-state index in [0.29, 0.717) is 6.54 Å². The largest absolute Gasteiger partial charge is 0.497 e. The summed E-state index contributed by atoms with van der Waals surface area (Å²) in [6.07, 6.45) is 1.98. The van der Waals surface area contributed by atoms with Gasteiger partial charge in [0.25, 0.3) is 0 Å². The first-order valence-corrected chi connectivity index (χ1v) is 8.03. The molecule has 0 saturated heterocycles. The number of nitrogens with one attached hydrogen (secondary N) is 2. The average Bonchev–Trinajstić information content (AvgIpc) is 2.96. The van der Waals surface area contributed by atoms with Crippen LogP contribution in [0.3, 0.4) is 0 Å². The quantitative estimate of drug-likeness (QED) is 0.676. The fourth-order valence-corrected chi connectivity index (χ4v) is 2.78. The van der Waals surface area contributed by atoms with E-state index < -0.39 is 11.2 Å². The first-order valence-electron chi connectivity index (χ1n) is 6.81. The summed E-state index contributed by atoms with van der Waals surface area (Å²) in [6, 6.07) is 14.0. The van der Waals surface area contributed by atoms with Crippen LogP contribution in [-0.4, -0.2) is 16.3 Å². The lowest BCUT2D eigenvalue weighted by atomic mass is 10.0. The Morgan fingerprint density at radius 1 is 1.27 bits per heavy atom. The number of fused-ring (bicyclic) bond motifs is 1. The number of aromatic amines is 1. The van der Waals surface area contributed by atoms with E-state index >= 15 is 0 Å². The number of aromatic nitrogens is 1. The summed E-state index contributed by atoms with van der Waals surface area (Å²) in [5.74, 6) is 0.823. The highest BCUT2D eigenvalue weighted by Crippen LogP contribution is 2.31. The Bertz CT molecular complexity index is 829. The second kappa shape index (κ2) is 6.31. The lowest BCUT2D eigenvalue weighted by Gasteiger charge is -2.05. The topological polar surface area (TPSA) is 80.1 Å². The zero-order valence-electron chi connectivity index (χ0n) is 12.1. The minimum atomic E-state index is -1.51. The third kappa shape index (κ3) is 3.04. The first kappa shape index (κ1) is 14.8. The Balaban J connectivity index is 1.97. The number of methoxy groups -OCH3 is 1. The smallest absolute Gasteiger partial charge is 0.164 e. The molecular formula is C16H17N3O2S. The molecule has 0 saturated carbocycles. The predicted molar refractivity (Wildman–Crippen MR) is 89.5 cm³/mol. The molecule has 0 spiro atoms. The van der Waals surface area contributed by atoms with Crippen molar-refractivity contribution in [2.75, 3.05) is 7.11 Å². The number of nitrogens with two attached hydrogens (primary N) is 1. The number of H-pyrrole nitrogens is 1. The lowest BCUT2D eigenvalue weighted by molar-refractivity contribution is 0.415. The molecule has 4 N–H and O–H groups in total. The minimum Gasteiger partial charge on any atom is -0.497 e. The molecule has 0 aliphatic carbocycles. The van der Waals surface area contributed by atoms with Gasteiger partial charge in [-0.1, -0.05) is 18.2 Å². The normalized spacial score (nSPS) is 12.5. The van der Waals surface area contributed by atoms with Gasteiger partial charge in [-0.05, 0) is 29.3 Å². The van der Waals surface area contributed by atoms with Crippen molar-refractivity contribution in [1.82, 2.24) is 9.71 Å². The lowest BCUT2D eigenvalue weighted by Crippen LogP contribution is -2.23. The Morgan fingerprint density at radius 3 is 2.91 bits per heavy atom. The van der Waals surface area contributed by atoms with E-state index in [9.17, 15) is 4.21 Å². The van der Waals surface area contributed by atoms with Crippen molar-refractivity contribution < 1.29 is 8.95 Å². The molecule has 0 aliphatic heterocycles. The molecule has 0 fully saturated rings. The molecule has 1 heterocycles. The van der Waals surface area contributed by atoms with Gasteiger partial charge in [-0.15, -0.1) is 0 Å². The van der Waals surface area contributed by atoms with Gasteiger partial charge in [0, 0.05) is 35.3 Å². The summed E-state index contributed by atoms with van der Waals surface area (Å²) in [6.45, 7) is 0.465. The van der Waals surface area contributed by atoms with Crippen molar-refractivity contribution in [3.8, 4) is 16.9 Å². The van der Waals surface area contributed by atoms with Gasteiger partial charge in [0.2, 0.25) is 0 Å². The zero-order valence-corrected chi connectivity index (χ0v) is 12.9. The van der Waals surface area contributed by atoms with Crippen LogP contribution in [-0.2, 0) is 17.7 Å². The van der Waals surface area contributed by atoms with E-state index in [0.717, 1.165) is 33.3 Å². The number of hydrogen-bond donors (Lipinski definition) is 3. The van der Waals surface area contributed by atoms with Crippen molar-refractivity contribution in [1.29, 1.82) is 0 Å². The van der Waals surface area contributed by atoms with Gasteiger partial charge in [0.1, 0.15) is 5.75 Å². The van der Waals surface area contributed by atoms with E-state index in [1.165, 1.54) is 0 Å².